The van der Waals surface area contributed by atoms with E-state index >= 15 is 0 Å². The molecule has 0 radical (unpaired) electrons. The van der Waals surface area contributed by atoms with Crippen LogP contribution in [0.2, 0.25) is 0 Å². The van der Waals surface area contributed by atoms with Crippen molar-refractivity contribution in [2.45, 2.75) is 25.1 Å². The van der Waals surface area contributed by atoms with Gasteiger partial charge in [-0.3, -0.25) is 9.59 Å². The van der Waals surface area contributed by atoms with E-state index in [9.17, 15) is 14.0 Å². The first kappa shape index (κ1) is 19.5. The molecule has 1 heterocycles. The van der Waals surface area contributed by atoms with Crippen molar-refractivity contribution < 1.29 is 14.0 Å². The lowest BCUT2D eigenvalue weighted by atomic mass is 10.1. The molecular formula is C18H21FN2O2S2. The summed E-state index contributed by atoms with van der Waals surface area (Å²) in [4.78, 5) is 24.4. The monoisotopic (exact) mass is 380 g/mol. The van der Waals surface area contributed by atoms with Crippen LogP contribution in [0.25, 0.3) is 0 Å². The normalized spacial score (nSPS) is 11.8. The largest absolute Gasteiger partial charge is 0.355 e. The molecule has 0 aliphatic carbocycles. The molecule has 2 amide bonds. The summed E-state index contributed by atoms with van der Waals surface area (Å²) < 4.78 is 13.5. The molecule has 1 aromatic heterocycles. The van der Waals surface area contributed by atoms with Gasteiger partial charge in [0.15, 0.2) is 0 Å². The van der Waals surface area contributed by atoms with Crippen LogP contribution in [-0.4, -0.2) is 24.1 Å². The zero-order valence-corrected chi connectivity index (χ0v) is 15.6. The molecule has 0 aliphatic heterocycles. The van der Waals surface area contributed by atoms with Gasteiger partial charge in [0, 0.05) is 29.9 Å². The van der Waals surface area contributed by atoms with Crippen molar-refractivity contribution in [2.75, 3.05) is 12.3 Å². The number of amides is 2. The maximum absolute atomic E-state index is 13.5. The first-order valence-corrected chi connectivity index (χ1v) is 9.98. The Labute approximate surface area is 155 Å². The van der Waals surface area contributed by atoms with E-state index in [4.69, 9.17) is 0 Å². The van der Waals surface area contributed by atoms with Crippen LogP contribution in [0, 0.1) is 5.82 Å². The number of benzene rings is 1. The molecule has 25 heavy (non-hydrogen) atoms. The summed E-state index contributed by atoms with van der Waals surface area (Å²) in [7, 11) is 0. The van der Waals surface area contributed by atoms with Crippen LogP contribution in [0.3, 0.4) is 0 Å². The number of carbonyl (C=O) groups is 2. The first-order chi connectivity index (χ1) is 12.1. The molecule has 1 atom stereocenters. The van der Waals surface area contributed by atoms with Gasteiger partial charge in [-0.1, -0.05) is 24.3 Å². The fourth-order valence-corrected chi connectivity index (χ4v) is 3.90. The smallest absolute Gasteiger partial charge is 0.222 e. The predicted molar refractivity (Wildman–Crippen MR) is 101 cm³/mol. The molecule has 4 nitrogen and oxygen atoms in total. The second-order valence-corrected chi connectivity index (χ2v) is 7.55. The molecule has 2 rings (SSSR count). The van der Waals surface area contributed by atoms with Gasteiger partial charge in [-0.2, -0.15) is 11.8 Å². The molecule has 2 aromatic rings. The highest BCUT2D eigenvalue weighted by molar-refractivity contribution is 7.98. The quantitative estimate of drug-likeness (QED) is 0.655. The molecule has 0 spiro atoms. The molecule has 0 saturated heterocycles. The average Bonchev–Trinajstić information content (AvgIpc) is 3.09. The van der Waals surface area contributed by atoms with Gasteiger partial charge in [0.1, 0.15) is 5.82 Å². The fraction of sp³-hybridized carbons (Fsp3) is 0.333. The number of rotatable bonds is 9. The van der Waals surface area contributed by atoms with E-state index in [2.05, 4.69) is 10.6 Å². The maximum Gasteiger partial charge on any atom is 0.222 e. The Morgan fingerprint density at radius 1 is 1.24 bits per heavy atom. The molecular weight excluding hydrogens is 359 g/mol. The summed E-state index contributed by atoms with van der Waals surface area (Å²) in [5.74, 6) is 0.800. The number of hydrogen-bond acceptors (Lipinski definition) is 4. The summed E-state index contributed by atoms with van der Waals surface area (Å²) in [5.41, 5.74) is 0.669. The third kappa shape index (κ3) is 6.88. The topological polar surface area (TPSA) is 58.2 Å². The van der Waals surface area contributed by atoms with E-state index in [0.29, 0.717) is 23.6 Å². The van der Waals surface area contributed by atoms with Crippen LogP contribution in [0.15, 0.2) is 41.8 Å². The van der Waals surface area contributed by atoms with Gasteiger partial charge >= 0.3 is 0 Å². The third-order valence-corrected chi connectivity index (χ3v) is 5.43. The summed E-state index contributed by atoms with van der Waals surface area (Å²) in [6.07, 6.45) is 0.206. The van der Waals surface area contributed by atoms with Gasteiger partial charge in [0.2, 0.25) is 11.8 Å². The van der Waals surface area contributed by atoms with Gasteiger partial charge in [0.25, 0.3) is 0 Å². The van der Waals surface area contributed by atoms with Crippen LogP contribution in [0.1, 0.15) is 29.8 Å². The Balaban J connectivity index is 1.70. The van der Waals surface area contributed by atoms with E-state index in [1.807, 2.05) is 23.6 Å². The SMILES string of the molecule is CC(=O)NC(CC(=O)NCCSCc1ccccc1F)c1cccs1. The van der Waals surface area contributed by atoms with E-state index < -0.39 is 0 Å². The van der Waals surface area contributed by atoms with E-state index in [1.165, 1.54) is 24.3 Å². The lowest BCUT2D eigenvalue weighted by Crippen LogP contribution is -2.33. The zero-order chi connectivity index (χ0) is 18.1. The lowest BCUT2D eigenvalue weighted by Gasteiger charge is -2.16. The highest BCUT2D eigenvalue weighted by Gasteiger charge is 2.17. The van der Waals surface area contributed by atoms with Crippen molar-refractivity contribution in [3.05, 3.63) is 58.0 Å². The molecule has 0 bridgehead atoms. The number of nitrogens with one attached hydrogen (secondary N) is 2. The summed E-state index contributed by atoms with van der Waals surface area (Å²) in [6, 6.07) is 10.2. The van der Waals surface area contributed by atoms with E-state index in [0.717, 1.165) is 4.88 Å². The second kappa shape index (κ2) is 10.2. The fourth-order valence-electron chi connectivity index (χ4n) is 2.28. The summed E-state index contributed by atoms with van der Waals surface area (Å²) in [5, 5.41) is 7.57. The van der Waals surface area contributed by atoms with Crippen molar-refractivity contribution in [2.24, 2.45) is 0 Å². The van der Waals surface area contributed by atoms with Crippen LogP contribution in [0.4, 0.5) is 4.39 Å². The average molecular weight is 381 g/mol. The molecule has 134 valence electrons. The standard InChI is InChI=1S/C18H21FN2O2S2/c1-13(22)21-16(17-7-4-9-25-17)11-18(23)20-8-10-24-12-14-5-2-3-6-15(14)19/h2-7,9,16H,8,10-12H2,1H3,(H,20,23)(H,21,22). The van der Waals surface area contributed by atoms with Crippen molar-refractivity contribution in [1.29, 1.82) is 0 Å². The molecule has 0 fully saturated rings. The number of hydrogen-bond donors (Lipinski definition) is 2. The van der Waals surface area contributed by atoms with Crippen molar-refractivity contribution in [1.82, 2.24) is 10.6 Å². The van der Waals surface area contributed by atoms with Gasteiger partial charge in [-0.05, 0) is 23.1 Å². The Hall–Kier alpha value is -1.86. The van der Waals surface area contributed by atoms with Gasteiger partial charge in [-0.15, -0.1) is 11.3 Å². The first-order valence-electron chi connectivity index (χ1n) is 7.94. The van der Waals surface area contributed by atoms with Crippen molar-refractivity contribution in [3.8, 4) is 0 Å². The van der Waals surface area contributed by atoms with Crippen LogP contribution < -0.4 is 10.6 Å². The number of thiophene rings is 1. The minimum Gasteiger partial charge on any atom is -0.355 e. The molecule has 0 saturated carbocycles. The Kier molecular flexibility index (Phi) is 7.94. The molecule has 1 aromatic carbocycles. The minimum atomic E-state index is -0.302. The number of halogens is 1. The molecule has 1 unspecified atom stereocenters. The molecule has 2 N–H and O–H groups in total. The van der Waals surface area contributed by atoms with Crippen LogP contribution in [0.5, 0.6) is 0 Å². The maximum atomic E-state index is 13.5. The second-order valence-electron chi connectivity index (χ2n) is 5.47. The van der Waals surface area contributed by atoms with E-state index in [-0.39, 0.29) is 30.1 Å². The predicted octanol–water partition coefficient (Wildman–Crippen LogP) is 3.50. The molecule has 7 heteroatoms. The number of thioether (sulfide) groups is 1. The molecule has 0 aliphatic rings. The Morgan fingerprint density at radius 3 is 2.72 bits per heavy atom. The lowest BCUT2D eigenvalue weighted by molar-refractivity contribution is -0.122. The summed E-state index contributed by atoms with van der Waals surface area (Å²) in [6.45, 7) is 1.95. The third-order valence-electron chi connectivity index (χ3n) is 3.44. The van der Waals surface area contributed by atoms with E-state index in [1.54, 1.807) is 23.9 Å². The summed E-state index contributed by atoms with van der Waals surface area (Å²) >= 11 is 3.08. The Bertz CT molecular complexity index is 692. The number of carbonyl (C=O) groups excluding carboxylic acids is 2. The van der Waals surface area contributed by atoms with Crippen molar-refractivity contribution in [3.63, 3.8) is 0 Å². The van der Waals surface area contributed by atoms with Gasteiger partial charge in [-0.25, -0.2) is 4.39 Å². The minimum absolute atomic E-state index is 0.112. The highest BCUT2D eigenvalue weighted by atomic mass is 32.2. The highest BCUT2D eigenvalue weighted by Crippen LogP contribution is 2.22. The van der Waals surface area contributed by atoms with Crippen LogP contribution in [-0.2, 0) is 15.3 Å². The zero-order valence-electron chi connectivity index (χ0n) is 14.0. The van der Waals surface area contributed by atoms with Gasteiger partial charge in [0.05, 0.1) is 12.5 Å². The Morgan fingerprint density at radius 2 is 2.04 bits per heavy atom. The van der Waals surface area contributed by atoms with Gasteiger partial charge < -0.3 is 10.6 Å². The van der Waals surface area contributed by atoms with Crippen molar-refractivity contribution >= 4 is 34.9 Å². The van der Waals surface area contributed by atoms with Crippen LogP contribution >= 0.6 is 23.1 Å².